The van der Waals surface area contributed by atoms with E-state index in [-0.39, 0.29) is 11.9 Å². The number of hydrogen-bond donors (Lipinski definition) is 1. The van der Waals surface area contributed by atoms with Crippen molar-refractivity contribution in [2.75, 3.05) is 13.1 Å². The van der Waals surface area contributed by atoms with Gasteiger partial charge in [-0.15, -0.1) is 5.10 Å². The van der Waals surface area contributed by atoms with Gasteiger partial charge in [-0.05, 0) is 33.3 Å². The fourth-order valence-corrected chi connectivity index (χ4v) is 2.94. The lowest BCUT2D eigenvalue weighted by atomic mass is 9.82. The molecule has 6 nitrogen and oxygen atoms in total. The van der Waals surface area contributed by atoms with Gasteiger partial charge < -0.3 is 10.0 Å². The second-order valence-corrected chi connectivity index (χ2v) is 7.15. The van der Waals surface area contributed by atoms with Crippen LogP contribution in [0.5, 0.6) is 0 Å². The minimum absolute atomic E-state index is 0.124. The summed E-state index contributed by atoms with van der Waals surface area (Å²) in [4.78, 5) is 14.7. The Labute approximate surface area is 142 Å². The number of aliphatic hydroxyl groups is 1. The van der Waals surface area contributed by atoms with Crippen LogP contribution in [0, 0.1) is 6.92 Å². The Bertz CT molecular complexity index is 728. The highest BCUT2D eigenvalue weighted by Crippen LogP contribution is 2.31. The molecule has 1 N–H and O–H groups in total. The first-order valence-corrected chi connectivity index (χ1v) is 8.25. The summed E-state index contributed by atoms with van der Waals surface area (Å²) in [7, 11) is 0. The molecule has 1 atom stereocenters. The van der Waals surface area contributed by atoms with E-state index >= 15 is 0 Å². The third-order valence-corrected chi connectivity index (χ3v) is 4.79. The summed E-state index contributed by atoms with van der Waals surface area (Å²) in [5.74, 6) is 0.124. The Balaban J connectivity index is 1.66. The molecule has 0 saturated carbocycles. The molecular weight excluding hydrogens is 304 g/mol. The number of aryl methyl sites for hydroxylation is 1. The average molecular weight is 328 g/mol. The Hall–Kier alpha value is -2.21. The zero-order chi connectivity index (χ0) is 17.5. The van der Waals surface area contributed by atoms with Crippen LogP contribution < -0.4 is 0 Å². The molecule has 1 unspecified atom stereocenters. The molecule has 0 bridgehead atoms. The van der Waals surface area contributed by atoms with Crippen LogP contribution in [0.3, 0.4) is 0 Å². The predicted molar refractivity (Wildman–Crippen MR) is 90.5 cm³/mol. The normalized spacial score (nSPS) is 16.8. The van der Waals surface area contributed by atoms with Crippen LogP contribution in [-0.4, -0.2) is 44.0 Å². The summed E-state index contributed by atoms with van der Waals surface area (Å²) in [6, 6.07) is 8.25. The van der Waals surface area contributed by atoms with Crippen molar-refractivity contribution in [2.24, 2.45) is 0 Å². The second kappa shape index (κ2) is 6.02. The standard InChI is InChI=1S/C18H24N4O2/c1-12-5-7-14(8-6-12)18(3,4)17(24)21-9-15(10-21)22-11-16(13(2)23)19-20-22/h5-8,11,13,15,23H,9-10H2,1-4H3. The molecule has 24 heavy (non-hydrogen) atoms. The topological polar surface area (TPSA) is 71.2 Å². The maximum absolute atomic E-state index is 12.9. The van der Waals surface area contributed by atoms with E-state index in [0.29, 0.717) is 18.8 Å². The van der Waals surface area contributed by atoms with Gasteiger partial charge in [0.05, 0.1) is 23.8 Å². The van der Waals surface area contributed by atoms with E-state index in [1.165, 1.54) is 5.56 Å². The molecule has 128 valence electrons. The van der Waals surface area contributed by atoms with Crippen molar-refractivity contribution in [1.29, 1.82) is 0 Å². The van der Waals surface area contributed by atoms with Crippen molar-refractivity contribution in [3.8, 4) is 0 Å². The minimum Gasteiger partial charge on any atom is -0.387 e. The Kier molecular flexibility index (Phi) is 4.17. The third kappa shape index (κ3) is 2.94. The Morgan fingerprint density at radius 2 is 1.92 bits per heavy atom. The minimum atomic E-state index is -0.628. The lowest BCUT2D eigenvalue weighted by molar-refractivity contribution is -0.142. The smallest absolute Gasteiger partial charge is 0.232 e. The van der Waals surface area contributed by atoms with Gasteiger partial charge in [0.15, 0.2) is 0 Å². The van der Waals surface area contributed by atoms with Crippen LogP contribution in [0.4, 0.5) is 0 Å². The number of hydrogen-bond acceptors (Lipinski definition) is 4. The molecule has 1 amide bonds. The Morgan fingerprint density at radius 3 is 2.46 bits per heavy atom. The van der Waals surface area contributed by atoms with Crippen LogP contribution in [-0.2, 0) is 10.2 Å². The van der Waals surface area contributed by atoms with E-state index < -0.39 is 11.5 Å². The zero-order valence-corrected chi connectivity index (χ0v) is 14.6. The summed E-state index contributed by atoms with van der Waals surface area (Å²) < 4.78 is 1.74. The van der Waals surface area contributed by atoms with Gasteiger partial charge in [-0.3, -0.25) is 4.79 Å². The number of aromatic nitrogens is 3. The monoisotopic (exact) mass is 328 g/mol. The molecule has 0 aliphatic carbocycles. The van der Waals surface area contributed by atoms with E-state index in [0.717, 1.165) is 5.56 Å². The van der Waals surface area contributed by atoms with Crippen LogP contribution in [0.15, 0.2) is 30.5 Å². The number of amides is 1. The lowest BCUT2D eigenvalue weighted by Crippen LogP contribution is -2.55. The summed E-state index contributed by atoms with van der Waals surface area (Å²) >= 11 is 0. The first kappa shape index (κ1) is 16.6. The number of carbonyl (C=O) groups excluding carboxylic acids is 1. The molecule has 2 aromatic rings. The maximum Gasteiger partial charge on any atom is 0.232 e. The van der Waals surface area contributed by atoms with Gasteiger partial charge in [0.2, 0.25) is 5.91 Å². The van der Waals surface area contributed by atoms with Crippen molar-refractivity contribution in [2.45, 2.75) is 45.3 Å². The summed E-state index contributed by atoms with van der Waals surface area (Å²) in [5, 5.41) is 17.5. The second-order valence-electron chi connectivity index (χ2n) is 7.15. The average Bonchev–Trinajstić information content (AvgIpc) is 2.96. The van der Waals surface area contributed by atoms with Gasteiger partial charge in [-0.2, -0.15) is 0 Å². The molecule has 6 heteroatoms. The van der Waals surface area contributed by atoms with Crippen LogP contribution in [0.25, 0.3) is 0 Å². The number of aliphatic hydroxyl groups excluding tert-OH is 1. The van der Waals surface area contributed by atoms with Crippen molar-refractivity contribution < 1.29 is 9.90 Å². The summed E-state index contributed by atoms with van der Waals surface area (Å²) in [5.41, 5.74) is 2.22. The SMILES string of the molecule is Cc1ccc(C(C)(C)C(=O)N2CC(n3cc(C(C)O)nn3)C2)cc1. The number of benzene rings is 1. The first-order chi connectivity index (χ1) is 11.3. The van der Waals surface area contributed by atoms with Gasteiger partial charge in [0, 0.05) is 13.1 Å². The van der Waals surface area contributed by atoms with Gasteiger partial charge in [-0.25, -0.2) is 4.68 Å². The van der Waals surface area contributed by atoms with Crippen molar-refractivity contribution in [1.82, 2.24) is 19.9 Å². The molecule has 3 rings (SSSR count). The van der Waals surface area contributed by atoms with Crippen molar-refractivity contribution in [3.63, 3.8) is 0 Å². The van der Waals surface area contributed by atoms with E-state index in [4.69, 9.17) is 0 Å². The fourth-order valence-electron chi connectivity index (χ4n) is 2.94. The Morgan fingerprint density at radius 1 is 1.29 bits per heavy atom. The number of nitrogens with zero attached hydrogens (tertiary/aromatic N) is 4. The van der Waals surface area contributed by atoms with Gasteiger partial charge >= 0.3 is 0 Å². The molecular formula is C18H24N4O2. The van der Waals surface area contributed by atoms with Crippen LogP contribution in [0.1, 0.15) is 49.7 Å². The van der Waals surface area contributed by atoms with Crippen LogP contribution in [0.2, 0.25) is 0 Å². The van der Waals surface area contributed by atoms with E-state index in [2.05, 4.69) is 10.3 Å². The first-order valence-electron chi connectivity index (χ1n) is 8.25. The van der Waals surface area contributed by atoms with Crippen molar-refractivity contribution >= 4 is 5.91 Å². The predicted octanol–water partition coefficient (Wildman–Crippen LogP) is 2.00. The fraction of sp³-hybridized carbons (Fsp3) is 0.500. The summed E-state index contributed by atoms with van der Waals surface area (Å²) in [6.45, 7) is 8.88. The maximum atomic E-state index is 12.9. The van der Waals surface area contributed by atoms with E-state index in [1.54, 1.807) is 17.8 Å². The summed E-state index contributed by atoms with van der Waals surface area (Å²) in [6.07, 6.45) is 1.12. The third-order valence-electron chi connectivity index (χ3n) is 4.79. The quantitative estimate of drug-likeness (QED) is 0.932. The highest BCUT2D eigenvalue weighted by atomic mass is 16.3. The van der Waals surface area contributed by atoms with Crippen molar-refractivity contribution in [3.05, 3.63) is 47.3 Å². The van der Waals surface area contributed by atoms with Gasteiger partial charge in [0.25, 0.3) is 0 Å². The largest absolute Gasteiger partial charge is 0.387 e. The molecule has 1 aromatic carbocycles. The highest BCUT2D eigenvalue weighted by molar-refractivity contribution is 5.88. The number of carbonyl (C=O) groups is 1. The molecule has 1 aromatic heterocycles. The molecule has 0 spiro atoms. The van der Waals surface area contributed by atoms with Crippen LogP contribution >= 0.6 is 0 Å². The number of rotatable bonds is 4. The molecule has 2 heterocycles. The highest BCUT2D eigenvalue weighted by Gasteiger charge is 2.40. The zero-order valence-electron chi connectivity index (χ0n) is 14.6. The molecule has 1 aliphatic rings. The van der Waals surface area contributed by atoms with E-state index in [1.807, 2.05) is 49.9 Å². The molecule has 0 radical (unpaired) electrons. The molecule has 1 saturated heterocycles. The van der Waals surface area contributed by atoms with Gasteiger partial charge in [-0.1, -0.05) is 35.0 Å². The lowest BCUT2D eigenvalue weighted by Gasteiger charge is -2.43. The number of likely N-dealkylation sites (tertiary alicyclic amines) is 1. The molecule has 1 fully saturated rings. The van der Waals surface area contributed by atoms with E-state index in [9.17, 15) is 9.90 Å². The van der Waals surface area contributed by atoms with Gasteiger partial charge in [0.1, 0.15) is 5.69 Å². The molecule has 1 aliphatic heterocycles.